The van der Waals surface area contributed by atoms with Crippen molar-refractivity contribution in [3.05, 3.63) is 88.2 Å². The fourth-order valence-corrected chi connectivity index (χ4v) is 4.26. The van der Waals surface area contributed by atoms with Crippen LogP contribution in [0.15, 0.2) is 71.5 Å². The second-order valence-electron chi connectivity index (χ2n) is 8.28. The van der Waals surface area contributed by atoms with Gasteiger partial charge < -0.3 is 34.1 Å². The number of ether oxygens (including phenoxy) is 4. The molecule has 0 aliphatic carbocycles. The van der Waals surface area contributed by atoms with Crippen LogP contribution < -0.4 is 29.8 Å². The molecular weight excluding hydrogens is 478 g/mol. The topological polar surface area (TPSA) is 85.1 Å². The molecule has 2 N–H and O–H groups in total. The summed E-state index contributed by atoms with van der Waals surface area (Å²) in [6, 6.07) is 20.7. The quantitative estimate of drug-likeness (QED) is 0.352. The van der Waals surface area contributed by atoms with Gasteiger partial charge in [-0.15, -0.1) is 0 Å². The number of nitrogens with zero attached hydrogens (tertiary/aromatic N) is 1. The van der Waals surface area contributed by atoms with Crippen molar-refractivity contribution in [2.45, 2.75) is 13.1 Å². The summed E-state index contributed by atoms with van der Waals surface area (Å²) in [5.74, 6) is 2.87. The summed E-state index contributed by atoms with van der Waals surface area (Å²) >= 11 is 5.79. The molecule has 0 saturated heterocycles. The highest BCUT2D eigenvalue weighted by atomic mass is 32.1. The molecule has 8 nitrogen and oxygen atoms in total. The molecule has 0 atom stereocenters. The number of methoxy groups -OCH3 is 2. The molecule has 0 amide bonds. The zero-order chi connectivity index (χ0) is 25.1. The lowest BCUT2D eigenvalue weighted by Gasteiger charge is -2.26. The SMILES string of the molecule is COc1ccc(NC(=S)N(Cc2ccc3c(c2)OCO3)Cc2cc3cc(OC)ccc3[nH]c2=O)cc1. The van der Waals surface area contributed by atoms with Crippen molar-refractivity contribution in [3.63, 3.8) is 0 Å². The van der Waals surface area contributed by atoms with Gasteiger partial charge in [-0.1, -0.05) is 6.07 Å². The molecule has 5 rings (SSSR count). The zero-order valence-electron chi connectivity index (χ0n) is 19.9. The second-order valence-corrected chi connectivity index (χ2v) is 8.67. The van der Waals surface area contributed by atoms with Crippen LogP contribution in [0.4, 0.5) is 5.69 Å². The van der Waals surface area contributed by atoms with Crippen molar-refractivity contribution in [3.8, 4) is 23.0 Å². The molecule has 0 spiro atoms. The van der Waals surface area contributed by atoms with Crippen LogP contribution in [0, 0.1) is 0 Å². The van der Waals surface area contributed by atoms with E-state index in [0.717, 1.165) is 33.7 Å². The van der Waals surface area contributed by atoms with E-state index >= 15 is 0 Å². The predicted molar refractivity (Wildman–Crippen MR) is 142 cm³/mol. The molecular formula is C27H25N3O5S. The van der Waals surface area contributed by atoms with E-state index in [2.05, 4.69) is 10.3 Å². The highest BCUT2D eigenvalue weighted by Gasteiger charge is 2.18. The lowest BCUT2D eigenvalue weighted by Crippen LogP contribution is -2.35. The van der Waals surface area contributed by atoms with Crippen LogP contribution in [0.25, 0.3) is 10.9 Å². The van der Waals surface area contributed by atoms with E-state index in [4.69, 9.17) is 31.2 Å². The molecule has 4 aromatic rings. The van der Waals surface area contributed by atoms with Crippen LogP contribution in [-0.2, 0) is 13.1 Å². The Morgan fingerprint density at radius 3 is 2.47 bits per heavy atom. The summed E-state index contributed by atoms with van der Waals surface area (Å²) < 4.78 is 21.6. The Labute approximate surface area is 213 Å². The number of rotatable bonds is 7. The number of thiocarbonyl (C=S) groups is 1. The van der Waals surface area contributed by atoms with Crippen LogP contribution in [0.2, 0.25) is 0 Å². The molecule has 0 bridgehead atoms. The molecule has 1 aromatic heterocycles. The minimum atomic E-state index is -0.171. The second kappa shape index (κ2) is 10.2. The Hall–Kier alpha value is -4.24. The summed E-state index contributed by atoms with van der Waals surface area (Å²) in [4.78, 5) is 17.9. The molecule has 9 heteroatoms. The van der Waals surface area contributed by atoms with E-state index in [1.165, 1.54) is 0 Å². The van der Waals surface area contributed by atoms with Crippen LogP contribution in [-0.4, -0.2) is 36.0 Å². The third-order valence-corrected chi connectivity index (χ3v) is 6.29. The van der Waals surface area contributed by atoms with Gasteiger partial charge in [-0.25, -0.2) is 0 Å². The van der Waals surface area contributed by atoms with Gasteiger partial charge in [0.15, 0.2) is 16.6 Å². The van der Waals surface area contributed by atoms with Crippen molar-refractivity contribution < 1.29 is 18.9 Å². The van der Waals surface area contributed by atoms with Crippen LogP contribution in [0.5, 0.6) is 23.0 Å². The Morgan fingerprint density at radius 2 is 1.69 bits per heavy atom. The summed E-state index contributed by atoms with van der Waals surface area (Å²) in [6.07, 6.45) is 0. The van der Waals surface area contributed by atoms with Crippen molar-refractivity contribution in [1.82, 2.24) is 9.88 Å². The number of fused-ring (bicyclic) bond motifs is 2. The molecule has 1 aliphatic heterocycles. The highest BCUT2D eigenvalue weighted by molar-refractivity contribution is 7.80. The third-order valence-electron chi connectivity index (χ3n) is 5.93. The Kier molecular flexibility index (Phi) is 6.64. The van der Waals surface area contributed by atoms with Gasteiger partial charge in [0.2, 0.25) is 6.79 Å². The summed E-state index contributed by atoms with van der Waals surface area (Å²) in [5.41, 5.74) is 2.93. The Morgan fingerprint density at radius 1 is 0.944 bits per heavy atom. The molecule has 0 saturated carbocycles. The number of nitrogens with one attached hydrogen (secondary N) is 2. The van der Waals surface area contributed by atoms with Gasteiger partial charge in [-0.05, 0) is 78.4 Å². The molecule has 2 heterocycles. The number of aromatic nitrogens is 1. The normalized spacial score (nSPS) is 11.8. The minimum absolute atomic E-state index is 0.171. The number of aromatic amines is 1. The first kappa shape index (κ1) is 23.5. The first-order chi connectivity index (χ1) is 17.5. The van der Waals surface area contributed by atoms with Gasteiger partial charge in [0.25, 0.3) is 5.56 Å². The average molecular weight is 504 g/mol. The van der Waals surface area contributed by atoms with Gasteiger partial charge in [0, 0.05) is 28.7 Å². The van der Waals surface area contributed by atoms with Gasteiger partial charge in [-0.3, -0.25) is 4.79 Å². The number of hydrogen-bond acceptors (Lipinski definition) is 6. The average Bonchev–Trinajstić information content (AvgIpc) is 3.37. The molecule has 0 unspecified atom stereocenters. The largest absolute Gasteiger partial charge is 0.497 e. The van der Waals surface area contributed by atoms with Crippen molar-refractivity contribution in [2.24, 2.45) is 0 Å². The number of pyridine rings is 1. The maximum atomic E-state index is 13.0. The Balaban J connectivity index is 1.45. The van der Waals surface area contributed by atoms with Gasteiger partial charge in [-0.2, -0.15) is 0 Å². The van der Waals surface area contributed by atoms with Gasteiger partial charge >= 0.3 is 0 Å². The maximum Gasteiger partial charge on any atom is 0.253 e. The lowest BCUT2D eigenvalue weighted by molar-refractivity contribution is 0.174. The third kappa shape index (κ3) is 5.06. The number of benzene rings is 3. The summed E-state index contributed by atoms with van der Waals surface area (Å²) in [6.45, 7) is 0.947. The standard InChI is InChI=1S/C27H25N3O5S/c1-32-21-6-4-20(5-7-21)28-27(36)30(14-17-3-10-24-25(11-17)35-16-34-24)15-19-12-18-13-22(33-2)8-9-23(18)29-26(19)31/h3-13H,14-16H2,1-2H3,(H,28,36)(H,29,31). The smallest absolute Gasteiger partial charge is 0.253 e. The molecule has 0 radical (unpaired) electrons. The van der Waals surface area contributed by atoms with Gasteiger partial charge in [0.05, 0.1) is 20.8 Å². The molecule has 1 aliphatic rings. The van der Waals surface area contributed by atoms with Crippen molar-refractivity contribution >= 4 is 33.9 Å². The first-order valence-electron chi connectivity index (χ1n) is 11.3. The summed E-state index contributed by atoms with van der Waals surface area (Å²) in [7, 11) is 3.24. The van der Waals surface area contributed by atoms with E-state index in [0.29, 0.717) is 35.3 Å². The predicted octanol–water partition coefficient (Wildman–Crippen LogP) is 4.67. The molecule has 3 aromatic carbocycles. The number of anilines is 1. The van der Waals surface area contributed by atoms with E-state index in [1.807, 2.05) is 71.6 Å². The fraction of sp³-hybridized carbons (Fsp3) is 0.185. The van der Waals surface area contributed by atoms with Crippen molar-refractivity contribution in [2.75, 3.05) is 26.3 Å². The number of hydrogen-bond donors (Lipinski definition) is 2. The zero-order valence-corrected chi connectivity index (χ0v) is 20.7. The molecule has 0 fully saturated rings. The van der Waals surface area contributed by atoms with Crippen LogP contribution in [0.3, 0.4) is 0 Å². The minimum Gasteiger partial charge on any atom is -0.497 e. The monoisotopic (exact) mass is 503 g/mol. The van der Waals surface area contributed by atoms with E-state index in [-0.39, 0.29) is 12.4 Å². The van der Waals surface area contributed by atoms with E-state index in [9.17, 15) is 4.79 Å². The number of H-pyrrole nitrogens is 1. The van der Waals surface area contributed by atoms with Crippen molar-refractivity contribution in [1.29, 1.82) is 0 Å². The highest BCUT2D eigenvalue weighted by Crippen LogP contribution is 2.33. The van der Waals surface area contributed by atoms with Crippen LogP contribution >= 0.6 is 12.2 Å². The maximum absolute atomic E-state index is 13.0. The fourth-order valence-electron chi connectivity index (χ4n) is 4.02. The summed E-state index contributed by atoms with van der Waals surface area (Å²) in [5, 5.41) is 4.63. The lowest BCUT2D eigenvalue weighted by atomic mass is 10.1. The van der Waals surface area contributed by atoms with E-state index in [1.54, 1.807) is 14.2 Å². The first-order valence-corrected chi connectivity index (χ1v) is 11.7. The van der Waals surface area contributed by atoms with E-state index < -0.39 is 0 Å². The molecule has 184 valence electrons. The van der Waals surface area contributed by atoms with Gasteiger partial charge in [0.1, 0.15) is 11.5 Å². The van der Waals surface area contributed by atoms with Crippen LogP contribution in [0.1, 0.15) is 11.1 Å². The molecule has 36 heavy (non-hydrogen) atoms. The Bertz CT molecular complexity index is 1470.